The van der Waals surface area contributed by atoms with E-state index in [0.717, 1.165) is 5.69 Å². The van der Waals surface area contributed by atoms with E-state index in [4.69, 9.17) is 4.74 Å². The highest BCUT2D eigenvalue weighted by Crippen LogP contribution is 2.08. The number of benzene rings is 1. The molecule has 98 valence electrons. The third-order valence-corrected chi connectivity index (χ3v) is 2.79. The Morgan fingerprint density at radius 2 is 1.84 bits per heavy atom. The number of Topliss-reactive ketones (excluding diaryl/α,β-unsaturated/α-hetero) is 1. The summed E-state index contributed by atoms with van der Waals surface area (Å²) in [6, 6.07) is 6.40. The number of aromatic nitrogens is 2. The number of hydrogen-bond donors (Lipinski definition) is 0. The fourth-order valence-electron chi connectivity index (χ4n) is 1.59. The van der Waals surface area contributed by atoms with Gasteiger partial charge in [0.15, 0.2) is 5.78 Å². The molecule has 0 amide bonds. The van der Waals surface area contributed by atoms with Gasteiger partial charge in [0.2, 0.25) is 0 Å². The molecule has 1 heterocycles. The minimum absolute atomic E-state index is 0.0326. The van der Waals surface area contributed by atoms with Gasteiger partial charge >= 0.3 is 5.97 Å². The van der Waals surface area contributed by atoms with Crippen LogP contribution in [0, 0.1) is 0 Å². The molecule has 0 bridgehead atoms. The van der Waals surface area contributed by atoms with Crippen molar-refractivity contribution in [1.82, 2.24) is 9.55 Å². The van der Waals surface area contributed by atoms with Crippen LogP contribution in [0.4, 0.5) is 0 Å². The molecule has 2 aromatic rings. The summed E-state index contributed by atoms with van der Waals surface area (Å²) in [7, 11) is 1.83. The number of carbonyl (C=O) groups excluding carboxylic acids is 2. The summed E-state index contributed by atoms with van der Waals surface area (Å²) in [5, 5.41) is 0. The van der Waals surface area contributed by atoms with Crippen molar-refractivity contribution in [3.8, 4) is 0 Å². The lowest BCUT2D eigenvalue weighted by molar-refractivity contribution is 0.0464. The second kappa shape index (κ2) is 5.48. The van der Waals surface area contributed by atoms with Gasteiger partial charge in [-0.2, -0.15) is 0 Å². The van der Waals surface area contributed by atoms with Crippen LogP contribution in [-0.4, -0.2) is 21.3 Å². The summed E-state index contributed by atoms with van der Waals surface area (Å²) in [6.07, 6.45) is 3.29. The zero-order valence-electron chi connectivity index (χ0n) is 10.8. The molecule has 0 aliphatic rings. The van der Waals surface area contributed by atoms with Crippen molar-refractivity contribution in [3.63, 3.8) is 0 Å². The van der Waals surface area contributed by atoms with Crippen molar-refractivity contribution in [2.24, 2.45) is 7.05 Å². The fourth-order valence-corrected chi connectivity index (χ4v) is 1.59. The Morgan fingerprint density at radius 1 is 1.21 bits per heavy atom. The van der Waals surface area contributed by atoms with Gasteiger partial charge in [-0.15, -0.1) is 0 Å². The van der Waals surface area contributed by atoms with Crippen molar-refractivity contribution in [3.05, 3.63) is 53.6 Å². The fraction of sp³-hybridized carbons (Fsp3) is 0.214. The van der Waals surface area contributed by atoms with Gasteiger partial charge in [0.05, 0.1) is 23.8 Å². The monoisotopic (exact) mass is 258 g/mol. The topological polar surface area (TPSA) is 61.2 Å². The number of rotatable bonds is 4. The predicted octanol–water partition coefficient (Wildman–Crippen LogP) is 1.98. The molecule has 5 heteroatoms. The number of carbonyl (C=O) groups is 2. The van der Waals surface area contributed by atoms with Crippen LogP contribution in [-0.2, 0) is 18.4 Å². The molecule has 0 spiro atoms. The largest absolute Gasteiger partial charge is 0.456 e. The van der Waals surface area contributed by atoms with Crippen molar-refractivity contribution >= 4 is 11.8 Å². The number of ketones is 1. The highest BCUT2D eigenvalue weighted by atomic mass is 16.5. The molecule has 2 rings (SSSR count). The van der Waals surface area contributed by atoms with Gasteiger partial charge in [0, 0.05) is 12.6 Å². The second-order valence-electron chi connectivity index (χ2n) is 4.21. The first-order valence-corrected chi connectivity index (χ1v) is 5.81. The predicted molar refractivity (Wildman–Crippen MR) is 68.8 cm³/mol. The number of ether oxygens (including phenoxy) is 1. The summed E-state index contributed by atoms with van der Waals surface area (Å²) < 4.78 is 6.95. The van der Waals surface area contributed by atoms with Crippen LogP contribution in [0.15, 0.2) is 36.8 Å². The average molecular weight is 258 g/mol. The minimum Gasteiger partial charge on any atom is -0.456 e. The maximum absolute atomic E-state index is 11.8. The molecule has 0 saturated carbocycles. The van der Waals surface area contributed by atoms with E-state index in [1.807, 2.05) is 7.05 Å². The van der Waals surface area contributed by atoms with Crippen LogP contribution < -0.4 is 0 Å². The van der Waals surface area contributed by atoms with Crippen LogP contribution >= 0.6 is 0 Å². The molecular formula is C14H14N2O3. The molecule has 1 aromatic heterocycles. The van der Waals surface area contributed by atoms with Crippen LogP contribution in [0.1, 0.15) is 33.3 Å². The minimum atomic E-state index is -0.420. The van der Waals surface area contributed by atoms with E-state index in [-0.39, 0.29) is 12.4 Å². The molecule has 0 unspecified atom stereocenters. The van der Waals surface area contributed by atoms with Gasteiger partial charge in [-0.05, 0) is 19.1 Å². The Balaban J connectivity index is 2.00. The van der Waals surface area contributed by atoms with E-state index in [1.165, 1.54) is 6.92 Å². The summed E-state index contributed by atoms with van der Waals surface area (Å²) in [6.45, 7) is 1.65. The molecule has 5 nitrogen and oxygen atoms in total. The van der Waals surface area contributed by atoms with E-state index in [1.54, 1.807) is 41.4 Å². The van der Waals surface area contributed by atoms with Gasteiger partial charge in [-0.3, -0.25) is 4.79 Å². The van der Waals surface area contributed by atoms with Crippen LogP contribution in [0.2, 0.25) is 0 Å². The number of imidazole rings is 1. The molecular weight excluding hydrogens is 244 g/mol. The van der Waals surface area contributed by atoms with Gasteiger partial charge < -0.3 is 9.30 Å². The Hall–Kier alpha value is -2.43. The first-order chi connectivity index (χ1) is 9.08. The maximum atomic E-state index is 11.8. The van der Waals surface area contributed by atoms with Crippen molar-refractivity contribution in [1.29, 1.82) is 0 Å². The summed E-state index contributed by atoms with van der Waals surface area (Å²) >= 11 is 0. The van der Waals surface area contributed by atoms with E-state index in [0.29, 0.717) is 11.1 Å². The zero-order valence-corrected chi connectivity index (χ0v) is 10.8. The Morgan fingerprint density at radius 3 is 2.37 bits per heavy atom. The summed E-state index contributed by atoms with van der Waals surface area (Å²) in [4.78, 5) is 26.9. The van der Waals surface area contributed by atoms with Crippen molar-refractivity contribution in [2.45, 2.75) is 13.5 Å². The third kappa shape index (κ3) is 3.07. The van der Waals surface area contributed by atoms with Gasteiger partial charge in [-0.1, -0.05) is 12.1 Å². The average Bonchev–Trinajstić information content (AvgIpc) is 2.81. The highest BCUT2D eigenvalue weighted by Gasteiger charge is 2.09. The second-order valence-corrected chi connectivity index (χ2v) is 4.21. The SMILES string of the molecule is CC(=O)c1ccc(C(=O)OCc2cncn2C)cc1. The Labute approximate surface area is 110 Å². The van der Waals surface area contributed by atoms with Crippen LogP contribution in [0.5, 0.6) is 0 Å². The lowest BCUT2D eigenvalue weighted by Crippen LogP contribution is -2.07. The summed E-state index contributed by atoms with van der Waals surface area (Å²) in [5.41, 5.74) is 1.81. The molecule has 0 N–H and O–H groups in total. The molecule has 0 fully saturated rings. The lowest BCUT2D eigenvalue weighted by atomic mass is 10.1. The number of hydrogen-bond acceptors (Lipinski definition) is 4. The summed E-state index contributed by atoms with van der Waals surface area (Å²) in [5.74, 6) is -0.453. The van der Waals surface area contributed by atoms with Gasteiger partial charge in [-0.25, -0.2) is 9.78 Å². The maximum Gasteiger partial charge on any atom is 0.338 e. The molecule has 19 heavy (non-hydrogen) atoms. The van der Waals surface area contributed by atoms with E-state index >= 15 is 0 Å². The van der Waals surface area contributed by atoms with E-state index < -0.39 is 5.97 Å². The Bertz CT molecular complexity index is 599. The quantitative estimate of drug-likeness (QED) is 0.621. The number of aryl methyl sites for hydroxylation is 1. The third-order valence-electron chi connectivity index (χ3n) is 2.79. The number of nitrogens with zero attached hydrogens (tertiary/aromatic N) is 2. The zero-order chi connectivity index (χ0) is 13.8. The molecule has 0 aliphatic carbocycles. The van der Waals surface area contributed by atoms with E-state index in [2.05, 4.69) is 4.98 Å². The standard InChI is InChI=1S/C14H14N2O3/c1-10(17)11-3-5-12(6-4-11)14(18)19-8-13-7-15-9-16(13)2/h3-7,9H,8H2,1-2H3. The first-order valence-electron chi connectivity index (χ1n) is 5.81. The van der Waals surface area contributed by atoms with Crippen LogP contribution in [0.3, 0.4) is 0 Å². The molecule has 1 aromatic carbocycles. The highest BCUT2D eigenvalue weighted by molar-refractivity contribution is 5.96. The Kier molecular flexibility index (Phi) is 3.75. The van der Waals surface area contributed by atoms with E-state index in [9.17, 15) is 9.59 Å². The first kappa shape index (κ1) is 13.0. The normalized spacial score (nSPS) is 10.2. The van der Waals surface area contributed by atoms with Crippen molar-refractivity contribution < 1.29 is 14.3 Å². The molecule has 0 saturated heterocycles. The van der Waals surface area contributed by atoms with Gasteiger partial charge in [0.25, 0.3) is 0 Å². The van der Waals surface area contributed by atoms with Crippen LogP contribution in [0.25, 0.3) is 0 Å². The smallest absolute Gasteiger partial charge is 0.338 e. The molecule has 0 aliphatic heterocycles. The van der Waals surface area contributed by atoms with Gasteiger partial charge in [0.1, 0.15) is 6.61 Å². The molecule has 0 radical (unpaired) electrons. The van der Waals surface area contributed by atoms with Crippen molar-refractivity contribution in [2.75, 3.05) is 0 Å². The molecule has 0 atom stereocenters. The number of esters is 1. The lowest BCUT2D eigenvalue weighted by Gasteiger charge is -2.05.